The van der Waals surface area contributed by atoms with E-state index >= 15 is 0 Å². The van der Waals surface area contributed by atoms with Crippen LogP contribution in [0.5, 0.6) is 0 Å². The Bertz CT molecular complexity index is 166. The minimum Gasteiger partial charge on any atom is -0.504 e. The van der Waals surface area contributed by atoms with Crippen molar-refractivity contribution in [1.82, 2.24) is 5.32 Å². The largest absolute Gasteiger partial charge is 0.504 e. The smallest absolute Gasteiger partial charge is 0.0832 e. The van der Waals surface area contributed by atoms with Gasteiger partial charge in [-0.1, -0.05) is 20.3 Å². The van der Waals surface area contributed by atoms with E-state index in [1.165, 1.54) is 12.0 Å². The van der Waals surface area contributed by atoms with Gasteiger partial charge in [0, 0.05) is 12.1 Å². The molecule has 0 heterocycles. The third-order valence-electron chi connectivity index (χ3n) is 2.51. The molecule has 0 rings (SSSR count). The molecule has 2 unspecified atom stereocenters. The number of methoxy groups -OCH3 is 1. The first-order valence-corrected chi connectivity index (χ1v) is 5.63. The molecular weight excluding hydrogens is 174 g/mol. The number of nitrogens with one attached hydrogen (secondary N) is 1. The van der Waals surface area contributed by atoms with Gasteiger partial charge >= 0.3 is 0 Å². The zero-order valence-electron chi connectivity index (χ0n) is 10.3. The Morgan fingerprint density at radius 2 is 2.00 bits per heavy atom. The van der Waals surface area contributed by atoms with Crippen LogP contribution in [0.2, 0.25) is 0 Å². The van der Waals surface area contributed by atoms with Gasteiger partial charge in [-0.2, -0.15) is 0 Å². The quantitative estimate of drug-likeness (QED) is 0.636. The van der Waals surface area contributed by atoms with Crippen LogP contribution in [0.4, 0.5) is 0 Å². The summed E-state index contributed by atoms with van der Waals surface area (Å²) in [7, 11) is 1.71. The number of ether oxygens (including phenoxy) is 1. The van der Waals surface area contributed by atoms with E-state index in [9.17, 15) is 0 Å². The van der Waals surface area contributed by atoms with Gasteiger partial charge in [-0.25, -0.2) is 0 Å². The fraction of sp³-hybridized carbons (Fsp3) is 0.833. The average Bonchev–Trinajstić information content (AvgIpc) is 2.17. The van der Waals surface area contributed by atoms with Gasteiger partial charge in [0.2, 0.25) is 0 Å². The van der Waals surface area contributed by atoms with Crippen molar-refractivity contribution in [2.24, 2.45) is 0 Å². The molecule has 14 heavy (non-hydrogen) atoms. The molecule has 0 aliphatic heterocycles. The highest BCUT2D eigenvalue weighted by Gasteiger charge is 2.10. The summed E-state index contributed by atoms with van der Waals surface area (Å²) in [4.78, 5) is 0. The molecule has 0 aromatic carbocycles. The molecule has 0 fully saturated rings. The van der Waals surface area contributed by atoms with Crippen molar-refractivity contribution in [2.45, 2.75) is 59.0 Å². The van der Waals surface area contributed by atoms with Crippen LogP contribution in [-0.4, -0.2) is 19.2 Å². The van der Waals surface area contributed by atoms with Crippen molar-refractivity contribution in [2.75, 3.05) is 7.11 Å². The molecule has 0 aliphatic carbocycles. The van der Waals surface area contributed by atoms with Crippen molar-refractivity contribution in [3.63, 3.8) is 0 Å². The van der Waals surface area contributed by atoms with E-state index in [1.54, 1.807) is 7.11 Å². The van der Waals surface area contributed by atoms with E-state index < -0.39 is 0 Å². The first-order valence-electron chi connectivity index (χ1n) is 5.63. The molecular formula is C12H25NO. The zero-order valence-corrected chi connectivity index (χ0v) is 10.3. The lowest BCUT2D eigenvalue weighted by Crippen LogP contribution is -2.35. The van der Waals surface area contributed by atoms with E-state index in [0.717, 1.165) is 12.8 Å². The third-order valence-corrected chi connectivity index (χ3v) is 2.51. The molecule has 0 radical (unpaired) electrons. The minimum atomic E-state index is 0.421. The van der Waals surface area contributed by atoms with Gasteiger partial charge in [-0.05, 0) is 32.3 Å². The summed E-state index contributed by atoms with van der Waals surface area (Å²) >= 11 is 0. The Morgan fingerprint density at radius 3 is 2.43 bits per heavy atom. The predicted molar refractivity (Wildman–Crippen MR) is 62.4 cm³/mol. The van der Waals surface area contributed by atoms with Crippen LogP contribution in [0, 0.1) is 0 Å². The first-order chi connectivity index (χ1) is 6.65. The average molecular weight is 199 g/mol. The highest BCUT2D eigenvalue weighted by atomic mass is 16.5. The molecule has 0 amide bonds. The van der Waals surface area contributed by atoms with Crippen molar-refractivity contribution in [1.29, 1.82) is 0 Å². The van der Waals surface area contributed by atoms with Crippen molar-refractivity contribution in [3.05, 3.63) is 11.8 Å². The molecule has 0 aromatic heterocycles. The van der Waals surface area contributed by atoms with Crippen LogP contribution in [0.3, 0.4) is 0 Å². The molecule has 0 spiro atoms. The van der Waals surface area contributed by atoms with Crippen molar-refractivity contribution >= 4 is 0 Å². The second-order valence-electron chi connectivity index (χ2n) is 3.88. The summed E-state index contributed by atoms with van der Waals surface area (Å²) in [6, 6.07) is 0.993. The molecule has 0 aliphatic rings. The Labute approximate surface area is 88.7 Å². The fourth-order valence-electron chi connectivity index (χ4n) is 1.47. The number of rotatable bonds is 7. The van der Waals surface area contributed by atoms with Crippen molar-refractivity contribution < 1.29 is 4.74 Å². The highest BCUT2D eigenvalue weighted by molar-refractivity contribution is 5.06. The van der Waals surface area contributed by atoms with Crippen LogP contribution >= 0.6 is 0 Å². The summed E-state index contributed by atoms with van der Waals surface area (Å²) < 4.78 is 5.09. The Balaban J connectivity index is 4.14. The lowest BCUT2D eigenvalue weighted by atomic mass is 10.0. The number of hydrogen-bond donors (Lipinski definition) is 1. The van der Waals surface area contributed by atoms with E-state index in [1.807, 2.05) is 6.26 Å². The van der Waals surface area contributed by atoms with Gasteiger partial charge in [0.05, 0.1) is 13.4 Å². The van der Waals surface area contributed by atoms with Gasteiger partial charge < -0.3 is 10.1 Å². The van der Waals surface area contributed by atoms with Gasteiger partial charge in [0.1, 0.15) is 0 Å². The first kappa shape index (κ1) is 13.5. The van der Waals surface area contributed by atoms with E-state index in [0.29, 0.717) is 12.1 Å². The van der Waals surface area contributed by atoms with Crippen LogP contribution < -0.4 is 5.32 Å². The lowest BCUT2D eigenvalue weighted by Gasteiger charge is -2.21. The normalized spacial score (nSPS) is 16.5. The van der Waals surface area contributed by atoms with E-state index in [-0.39, 0.29) is 0 Å². The van der Waals surface area contributed by atoms with Gasteiger partial charge in [-0.15, -0.1) is 0 Å². The second kappa shape index (κ2) is 7.86. The standard InChI is InChI=1S/C12H25NO/c1-6-8-12(9-14-5)11(4)13-10(3)7-2/h9-11,13H,6-8H2,1-5H3/b12-9-. The third kappa shape index (κ3) is 5.28. The maximum Gasteiger partial charge on any atom is 0.0832 e. The van der Waals surface area contributed by atoms with Crippen LogP contribution in [0.25, 0.3) is 0 Å². The SMILES string of the molecule is CCC/C(=C/OC)C(C)NC(C)CC. The molecule has 2 atom stereocenters. The lowest BCUT2D eigenvalue weighted by molar-refractivity contribution is 0.326. The summed E-state index contributed by atoms with van der Waals surface area (Å²) in [6.45, 7) is 8.81. The maximum atomic E-state index is 5.09. The van der Waals surface area contributed by atoms with Crippen LogP contribution in [-0.2, 0) is 4.74 Å². The van der Waals surface area contributed by atoms with Crippen LogP contribution in [0.1, 0.15) is 47.0 Å². The molecule has 0 saturated carbocycles. The number of hydrogen-bond acceptors (Lipinski definition) is 2. The van der Waals surface area contributed by atoms with Gasteiger partial charge in [-0.3, -0.25) is 0 Å². The topological polar surface area (TPSA) is 21.3 Å². The highest BCUT2D eigenvalue weighted by Crippen LogP contribution is 2.11. The monoisotopic (exact) mass is 199 g/mol. The van der Waals surface area contributed by atoms with Gasteiger partial charge in [0.15, 0.2) is 0 Å². The Hall–Kier alpha value is -0.500. The predicted octanol–water partition coefficient (Wildman–Crippen LogP) is 3.09. The Kier molecular flexibility index (Phi) is 7.58. The molecule has 0 bridgehead atoms. The minimum absolute atomic E-state index is 0.421. The second-order valence-corrected chi connectivity index (χ2v) is 3.88. The molecule has 2 nitrogen and oxygen atoms in total. The van der Waals surface area contributed by atoms with Crippen LogP contribution in [0.15, 0.2) is 11.8 Å². The fourth-order valence-corrected chi connectivity index (χ4v) is 1.47. The molecule has 1 N–H and O–H groups in total. The zero-order chi connectivity index (χ0) is 11.0. The molecule has 2 heteroatoms. The van der Waals surface area contributed by atoms with E-state index in [2.05, 4.69) is 33.0 Å². The summed E-state index contributed by atoms with van der Waals surface area (Å²) in [6.07, 6.45) is 5.32. The molecule has 0 aromatic rings. The molecule has 84 valence electrons. The Morgan fingerprint density at radius 1 is 1.36 bits per heavy atom. The van der Waals surface area contributed by atoms with E-state index in [4.69, 9.17) is 4.74 Å². The van der Waals surface area contributed by atoms with Crippen molar-refractivity contribution in [3.8, 4) is 0 Å². The summed E-state index contributed by atoms with van der Waals surface area (Å²) in [5, 5.41) is 3.55. The molecule has 0 saturated heterocycles. The van der Waals surface area contributed by atoms with Gasteiger partial charge in [0.25, 0.3) is 0 Å². The summed E-state index contributed by atoms with van der Waals surface area (Å²) in [5.41, 5.74) is 1.36. The summed E-state index contributed by atoms with van der Waals surface area (Å²) in [5.74, 6) is 0. The maximum absolute atomic E-state index is 5.09.